The van der Waals surface area contributed by atoms with Crippen molar-refractivity contribution in [3.8, 4) is 0 Å². The maximum absolute atomic E-state index is 12.4. The van der Waals surface area contributed by atoms with Crippen LogP contribution in [0.1, 0.15) is 38.9 Å². The first-order valence-corrected chi connectivity index (χ1v) is 8.81. The van der Waals surface area contributed by atoms with Gasteiger partial charge in [-0.25, -0.2) is 0 Å². The Morgan fingerprint density at radius 2 is 1.88 bits per heavy atom. The topological polar surface area (TPSA) is 86.7 Å². The molecule has 132 valence electrons. The smallest absolute Gasteiger partial charge is 0.305 e. The van der Waals surface area contributed by atoms with Crippen LogP contribution in [0.25, 0.3) is 0 Å². The molecule has 2 aromatic rings. The van der Waals surface area contributed by atoms with E-state index in [2.05, 4.69) is 5.32 Å². The molecule has 0 aliphatic heterocycles. The number of carboxylic acid groups (broad SMARTS) is 1. The maximum atomic E-state index is 12.4. The van der Waals surface area contributed by atoms with E-state index in [1.807, 2.05) is 18.4 Å². The lowest BCUT2D eigenvalue weighted by molar-refractivity contribution is -0.137. The number of thiophene rings is 1. The predicted molar refractivity (Wildman–Crippen MR) is 95.8 cm³/mol. The average Bonchev–Trinajstić information content (AvgIpc) is 3.15. The molecular weight excluding hydrogens is 340 g/mol. The zero-order chi connectivity index (χ0) is 18.2. The number of benzene rings is 1. The van der Waals surface area contributed by atoms with E-state index in [1.54, 1.807) is 30.3 Å². The summed E-state index contributed by atoms with van der Waals surface area (Å²) in [6, 6.07) is 10.5. The van der Waals surface area contributed by atoms with Gasteiger partial charge in [0, 0.05) is 25.2 Å². The van der Waals surface area contributed by atoms with Crippen LogP contribution in [0.15, 0.2) is 41.8 Å². The minimum absolute atomic E-state index is 0.0770. The summed E-state index contributed by atoms with van der Waals surface area (Å²) < 4.78 is 0. The van der Waals surface area contributed by atoms with Gasteiger partial charge in [-0.3, -0.25) is 14.4 Å². The van der Waals surface area contributed by atoms with Crippen molar-refractivity contribution in [1.29, 1.82) is 0 Å². The summed E-state index contributed by atoms with van der Waals surface area (Å²) in [7, 11) is 0. The van der Waals surface area contributed by atoms with Crippen molar-refractivity contribution in [2.24, 2.45) is 0 Å². The standard InChI is InChI=1S/C18H20N2O4S/c1-2-20(10-9-16(21)22)18(24)14-7-5-13(6-8-14)12-19-17(23)15-4-3-11-25-15/h3-8,11H,2,9-10,12H2,1H3,(H,19,23)(H,21,22). The lowest BCUT2D eigenvalue weighted by atomic mass is 10.1. The zero-order valence-corrected chi connectivity index (χ0v) is 14.7. The van der Waals surface area contributed by atoms with Crippen LogP contribution in [-0.4, -0.2) is 40.9 Å². The molecule has 0 saturated heterocycles. The molecule has 2 amide bonds. The van der Waals surface area contributed by atoms with E-state index in [0.29, 0.717) is 23.5 Å². The van der Waals surface area contributed by atoms with Crippen molar-refractivity contribution in [3.05, 3.63) is 57.8 Å². The van der Waals surface area contributed by atoms with Crippen LogP contribution < -0.4 is 5.32 Å². The van der Waals surface area contributed by atoms with Gasteiger partial charge in [-0.15, -0.1) is 11.3 Å². The zero-order valence-electron chi connectivity index (χ0n) is 13.9. The molecule has 7 heteroatoms. The van der Waals surface area contributed by atoms with E-state index in [1.165, 1.54) is 16.2 Å². The molecule has 6 nitrogen and oxygen atoms in total. The van der Waals surface area contributed by atoms with Crippen LogP contribution >= 0.6 is 11.3 Å². The van der Waals surface area contributed by atoms with Gasteiger partial charge in [0.1, 0.15) is 0 Å². The number of aliphatic carboxylic acids is 1. The third-order valence-electron chi connectivity index (χ3n) is 3.66. The molecule has 0 fully saturated rings. The van der Waals surface area contributed by atoms with Gasteiger partial charge in [-0.1, -0.05) is 18.2 Å². The number of amides is 2. The Morgan fingerprint density at radius 1 is 1.16 bits per heavy atom. The van der Waals surface area contributed by atoms with Crippen LogP contribution in [-0.2, 0) is 11.3 Å². The summed E-state index contributed by atoms with van der Waals surface area (Å²) >= 11 is 1.38. The van der Waals surface area contributed by atoms with Gasteiger partial charge in [-0.2, -0.15) is 0 Å². The van der Waals surface area contributed by atoms with Gasteiger partial charge in [-0.05, 0) is 36.1 Å². The molecule has 25 heavy (non-hydrogen) atoms. The lowest BCUT2D eigenvalue weighted by Crippen LogP contribution is -2.32. The Hall–Kier alpha value is -2.67. The number of carbonyl (C=O) groups excluding carboxylic acids is 2. The fourth-order valence-corrected chi connectivity index (χ4v) is 2.90. The number of carbonyl (C=O) groups is 3. The maximum Gasteiger partial charge on any atom is 0.305 e. The SMILES string of the molecule is CCN(CCC(=O)O)C(=O)c1ccc(CNC(=O)c2cccs2)cc1. The number of nitrogens with one attached hydrogen (secondary N) is 1. The first-order valence-electron chi connectivity index (χ1n) is 7.93. The molecule has 0 aliphatic rings. The van der Waals surface area contributed by atoms with E-state index in [-0.39, 0.29) is 24.8 Å². The molecule has 2 rings (SSSR count). The quantitative estimate of drug-likeness (QED) is 0.758. The molecule has 1 aromatic heterocycles. The van der Waals surface area contributed by atoms with E-state index in [9.17, 15) is 14.4 Å². The third-order valence-corrected chi connectivity index (χ3v) is 4.53. The van der Waals surface area contributed by atoms with Crippen LogP contribution in [0.4, 0.5) is 0 Å². The summed E-state index contributed by atoms with van der Waals surface area (Å²) in [6.45, 7) is 2.82. The van der Waals surface area contributed by atoms with Crippen LogP contribution in [0.2, 0.25) is 0 Å². The summed E-state index contributed by atoms with van der Waals surface area (Å²) in [6.07, 6.45) is -0.0770. The van der Waals surface area contributed by atoms with E-state index in [4.69, 9.17) is 5.11 Å². The summed E-state index contributed by atoms with van der Waals surface area (Å²) in [5.74, 6) is -1.25. The van der Waals surface area contributed by atoms with E-state index >= 15 is 0 Å². The number of hydrogen-bond acceptors (Lipinski definition) is 4. The summed E-state index contributed by atoms with van der Waals surface area (Å²) in [4.78, 5) is 37.1. The Bertz CT molecular complexity index is 726. The number of hydrogen-bond donors (Lipinski definition) is 2. The summed E-state index contributed by atoms with van der Waals surface area (Å²) in [5, 5.41) is 13.4. The molecule has 1 heterocycles. The fraction of sp³-hybridized carbons (Fsp3) is 0.278. The molecule has 0 atom stereocenters. The molecule has 2 N–H and O–H groups in total. The number of carboxylic acids is 1. The monoisotopic (exact) mass is 360 g/mol. The van der Waals surface area contributed by atoms with Crippen molar-refractivity contribution >= 4 is 29.1 Å². The Morgan fingerprint density at radius 3 is 2.44 bits per heavy atom. The normalized spacial score (nSPS) is 10.3. The van der Waals surface area contributed by atoms with Gasteiger partial charge in [0.05, 0.1) is 11.3 Å². The van der Waals surface area contributed by atoms with Crippen LogP contribution in [0, 0.1) is 0 Å². The van der Waals surface area contributed by atoms with Crippen molar-refractivity contribution in [3.63, 3.8) is 0 Å². The second kappa shape index (κ2) is 8.98. The van der Waals surface area contributed by atoms with Crippen molar-refractivity contribution in [1.82, 2.24) is 10.2 Å². The highest BCUT2D eigenvalue weighted by atomic mass is 32.1. The minimum Gasteiger partial charge on any atom is -0.481 e. The number of rotatable bonds is 8. The predicted octanol–water partition coefficient (Wildman–Crippen LogP) is 2.61. The Kier molecular flexibility index (Phi) is 6.71. The molecule has 0 spiro atoms. The van der Waals surface area contributed by atoms with Gasteiger partial charge in [0.25, 0.3) is 11.8 Å². The van der Waals surface area contributed by atoms with Crippen LogP contribution in [0.5, 0.6) is 0 Å². The highest BCUT2D eigenvalue weighted by Crippen LogP contribution is 2.10. The molecule has 0 radical (unpaired) electrons. The van der Waals surface area contributed by atoms with E-state index < -0.39 is 5.97 Å². The molecular formula is C18H20N2O4S. The highest BCUT2D eigenvalue weighted by molar-refractivity contribution is 7.12. The van der Waals surface area contributed by atoms with Gasteiger partial charge in [0.2, 0.25) is 0 Å². The van der Waals surface area contributed by atoms with Gasteiger partial charge < -0.3 is 15.3 Å². The summed E-state index contributed by atoms with van der Waals surface area (Å²) in [5.41, 5.74) is 1.38. The van der Waals surface area contributed by atoms with Gasteiger partial charge in [0.15, 0.2) is 0 Å². The first-order chi connectivity index (χ1) is 12.0. The van der Waals surface area contributed by atoms with Gasteiger partial charge >= 0.3 is 5.97 Å². The molecule has 0 bridgehead atoms. The second-order valence-corrected chi connectivity index (χ2v) is 6.33. The van der Waals surface area contributed by atoms with Crippen LogP contribution in [0.3, 0.4) is 0 Å². The molecule has 0 saturated carbocycles. The molecule has 1 aromatic carbocycles. The van der Waals surface area contributed by atoms with Crippen molar-refractivity contribution in [2.75, 3.05) is 13.1 Å². The lowest BCUT2D eigenvalue weighted by Gasteiger charge is -2.20. The van der Waals surface area contributed by atoms with Crippen molar-refractivity contribution < 1.29 is 19.5 Å². The Labute approximate surface area is 150 Å². The molecule has 0 unspecified atom stereocenters. The fourth-order valence-electron chi connectivity index (χ4n) is 2.26. The number of nitrogens with zero attached hydrogens (tertiary/aromatic N) is 1. The Balaban J connectivity index is 1.93. The first kappa shape index (κ1) is 18.7. The molecule has 0 aliphatic carbocycles. The highest BCUT2D eigenvalue weighted by Gasteiger charge is 2.15. The second-order valence-electron chi connectivity index (χ2n) is 5.39. The van der Waals surface area contributed by atoms with Crippen molar-refractivity contribution in [2.45, 2.75) is 19.9 Å². The minimum atomic E-state index is -0.928. The third kappa shape index (κ3) is 5.42. The van der Waals surface area contributed by atoms with E-state index in [0.717, 1.165) is 5.56 Å². The largest absolute Gasteiger partial charge is 0.481 e. The average molecular weight is 360 g/mol.